The number of piperidine rings is 1. The van der Waals surface area contributed by atoms with Crippen LogP contribution in [-0.2, 0) is 0 Å². The molecule has 0 bridgehead atoms. The molecule has 4 heterocycles. The second-order valence-electron chi connectivity index (χ2n) is 7.80. The topological polar surface area (TPSA) is 115 Å². The highest BCUT2D eigenvalue weighted by molar-refractivity contribution is 5.94. The number of oxazole rings is 1. The number of carbonyl (C=O) groups excluding carboxylic acids is 1. The third-order valence-electron chi connectivity index (χ3n) is 5.79. The van der Waals surface area contributed by atoms with Crippen LogP contribution < -0.4 is 5.73 Å². The van der Waals surface area contributed by atoms with Crippen molar-refractivity contribution >= 4 is 28.4 Å². The van der Waals surface area contributed by atoms with Crippen LogP contribution in [0.5, 0.6) is 0 Å². The van der Waals surface area contributed by atoms with Gasteiger partial charge in [0.1, 0.15) is 17.1 Å². The van der Waals surface area contributed by atoms with Crippen molar-refractivity contribution in [3.63, 3.8) is 0 Å². The van der Waals surface area contributed by atoms with Gasteiger partial charge in [-0.1, -0.05) is 0 Å². The van der Waals surface area contributed by atoms with Crippen LogP contribution in [0.1, 0.15) is 47.8 Å². The first-order valence-electron chi connectivity index (χ1n) is 9.85. The summed E-state index contributed by atoms with van der Waals surface area (Å²) in [4.78, 5) is 27.3. The van der Waals surface area contributed by atoms with Crippen LogP contribution in [0.15, 0.2) is 22.9 Å². The predicted molar refractivity (Wildman–Crippen MR) is 106 cm³/mol. The molecule has 0 spiro atoms. The Labute approximate surface area is 174 Å². The number of aromatic nitrogens is 5. The Hall–Kier alpha value is -3.63. The van der Waals surface area contributed by atoms with Crippen molar-refractivity contribution < 1.29 is 18.0 Å². The van der Waals surface area contributed by atoms with E-state index in [-0.39, 0.29) is 46.1 Å². The molecule has 3 aromatic heterocycles. The van der Waals surface area contributed by atoms with Gasteiger partial charge in [0, 0.05) is 24.6 Å². The van der Waals surface area contributed by atoms with Gasteiger partial charge in [0.2, 0.25) is 5.95 Å². The number of amides is 1. The van der Waals surface area contributed by atoms with E-state index >= 15 is 0 Å². The molecule has 1 aromatic carbocycles. The van der Waals surface area contributed by atoms with E-state index in [2.05, 4.69) is 20.1 Å². The van der Waals surface area contributed by atoms with E-state index in [9.17, 15) is 13.6 Å². The van der Waals surface area contributed by atoms with Gasteiger partial charge in [0.15, 0.2) is 29.4 Å². The Balaban J connectivity index is 1.54. The van der Waals surface area contributed by atoms with E-state index in [1.54, 1.807) is 11.8 Å². The zero-order valence-electron chi connectivity index (χ0n) is 16.8. The smallest absolute Gasteiger partial charge is 0.276 e. The minimum atomic E-state index is -0.819. The van der Waals surface area contributed by atoms with Crippen LogP contribution in [-0.4, -0.2) is 48.0 Å². The van der Waals surface area contributed by atoms with Gasteiger partial charge in [-0.2, -0.15) is 4.52 Å². The van der Waals surface area contributed by atoms with Crippen molar-refractivity contribution in [2.24, 2.45) is 0 Å². The fourth-order valence-corrected chi connectivity index (χ4v) is 4.09. The van der Waals surface area contributed by atoms with Gasteiger partial charge in [-0.3, -0.25) is 4.79 Å². The first-order chi connectivity index (χ1) is 14.8. The number of anilines is 1. The van der Waals surface area contributed by atoms with Crippen LogP contribution in [0.25, 0.3) is 16.6 Å². The lowest BCUT2D eigenvalue weighted by Gasteiger charge is -2.36. The summed E-state index contributed by atoms with van der Waals surface area (Å²) < 4.78 is 34.5. The molecule has 0 unspecified atom stereocenters. The molecule has 1 saturated heterocycles. The third kappa shape index (κ3) is 3.07. The maximum absolute atomic E-state index is 14.2. The lowest BCUT2D eigenvalue weighted by molar-refractivity contribution is 0.0599. The lowest BCUT2D eigenvalue weighted by Crippen LogP contribution is -2.45. The Morgan fingerprint density at radius 1 is 1.26 bits per heavy atom. The number of likely N-dealkylation sites (tertiary alicyclic amines) is 1. The SMILES string of the molecule is Cc1ocnc1C(=O)N1C[C@H](c2nc3c4cc(F)cc(F)c4nc(N)n3n2)CC[C@@H]1C. The number of halogens is 2. The second-order valence-corrected chi connectivity index (χ2v) is 7.80. The first-order valence-corrected chi connectivity index (χ1v) is 9.85. The summed E-state index contributed by atoms with van der Waals surface area (Å²) in [5.41, 5.74) is 6.39. The highest BCUT2D eigenvalue weighted by atomic mass is 19.1. The van der Waals surface area contributed by atoms with Crippen molar-refractivity contribution in [1.82, 2.24) is 29.5 Å². The Morgan fingerprint density at radius 3 is 2.81 bits per heavy atom. The normalized spacial score (nSPS) is 19.4. The van der Waals surface area contributed by atoms with Gasteiger partial charge < -0.3 is 15.1 Å². The molecule has 2 N–H and O–H groups in total. The Morgan fingerprint density at radius 2 is 2.06 bits per heavy atom. The van der Waals surface area contributed by atoms with Crippen LogP contribution in [0.4, 0.5) is 14.7 Å². The standard InChI is InChI=1S/C20H19F2N7O2/c1-9-3-4-11(7-28(9)19(30)15-10(2)31-8-24-15)17-26-18-13-5-12(21)6-14(22)16(13)25-20(23)29(18)27-17/h5-6,8-9,11H,3-4,7H2,1-2H3,(H2,23,25)/t9-,11+/m0/s1. The number of nitrogen functional groups attached to an aromatic ring is 1. The number of benzene rings is 1. The fourth-order valence-electron chi connectivity index (χ4n) is 4.09. The highest BCUT2D eigenvalue weighted by Crippen LogP contribution is 2.31. The molecule has 5 rings (SSSR count). The molecule has 160 valence electrons. The molecule has 1 amide bonds. The van der Waals surface area contributed by atoms with Gasteiger partial charge in [0.05, 0.1) is 5.39 Å². The summed E-state index contributed by atoms with van der Waals surface area (Å²) in [6.07, 6.45) is 2.73. The van der Waals surface area contributed by atoms with E-state index < -0.39 is 11.6 Å². The minimum Gasteiger partial charge on any atom is -0.448 e. The van der Waals surface area contributed by atoms with E-state index in [1.807, 2.05) is 6.92 Å². The molecule has 9 nitrogen and oxygen atoms in total. The third-order valence-corrected chi connectivity index (χ3v) is 5.79. The quantitative estimate of drug-likeness (QED) is 0.523. The largest absolute Gasteiger partial charge is 0.448 e. The summed E-state index contributed by atoms with van der Waals surface area (Å²) in [6, 6.07) is 1.92. The molecule has 0 saturated carbocycles. The van der Waals surface area contributed by atoms with Crippen LogP contribution in [0, 0.1) is 18.6 Å². The summed E-state index contributed by atoms with van der Waals surface area (Å²) >= 11 is 0. The molecule has 0 radical (unpaired) electrons. The number of nitrogens with two attached hydrogens (primary N) is 1. The van der Waals surface area contributed by atoms with Gasteiger partial charge >= 0.3 is 0 Å². The van der Waals surface area contributed by atoms with Gasteiger partial charge in [-0.25, -0.2) is 23.7 Å². The van der Waals surface area contributed by atoms with E-state index in [4.69, 9.17) is 10.2 Å². The number of fused-ring (bicyclic) bond motifs is 3. The van der Waals surface area contributed by atoms with Crippen molar-refractivity contribution in [1.29, 1.82) is 0 Å². The van der Waals surface area contributed by atoms with Gasteiger partial charge in [-0.15, -0.1) is 5.10 Å². The molecule has 1 aliphatic rings. The number of hydrogen-bond donors (Lipinski definition) is 1. The maximum atomic E-state index is 14.2. The number of nitrogens with zero attached hydrogens (tertiary/aromatic N) is 6. The van der Waals surface area contributed by atoms with Crippen molar-refractivity contribution in [3.8, 4) is 0 Å². The Kier molecular flexibility index (Phi) is 4.34. The number of aryl methyl sites for hydroxylation is 1. The molecule has 0 aliphatic carbocycles. The summed E-state index contributed by atoms with van der Waals surface area (Å²) in [7, 11) is 0. The van der Waals surface area contributed by atoms with Crippen LogP contribution in [0.2, 0.25) is 0 Å². The zero-order chi connectivity index (χ0) is 21.9. The summed E-state index contributed by atoms with van der Waals surface area (Å²) in [5.74, 6) is -1.12. The molecule has 31 heavy (non-hydrogen) atoms. The number of carbonyl (C=O) groups is 1. The molecule has 11 heteroatoms. The van der Waals surface area contributed by atoms with Crippen molar-refractivity contribution in [3.05, 3.63) is 47.4 Å². The monoisotopic (exact) mass is 427 g/mol. The minimum absolute atomic E-state index is 0.00707. The predicted octanol–water partition coefficient (Wildman–Crippen LogP) is 2.84. The van der Waals surface area contributed by atoms with Crippen molar-refractivity contribution in [2.45, 2.75) is 38.6 Å². The molecule has 1 fully saturated rings. The van der Waals surface area contributed by atoms with Gasteiger partial charge in [0.25, 0.3) is 5.91 Å². The maximum Gasteiger partial charge on any atom is 0.276 e. The molecular weight excluding hydrogens is 408 g/mol. The van der Waals surface area contributed by atoms with E-state index in [0.29, 0.717) is 18.1 Å². The molecule has 4 aromatic rings. The highest BCUT2D eigenvalue weighted by Gasteiger charge is 2.34. The van der Waals surface area contributed by atoms with E-state index in [1.165, 1.54) is 10.9 Å². The summed E-state index contributed by atoms with van der Waals surface area (Å²) in [6.45, 7) is 4.04. The van der Waals surface area contributed by atoms with Crippen molar-refractivity contribution in [2.75, 3.05) is 12.3 Å². The van der Waals surface area contributed by atoms with Crippen LogP contribution >= 0.6 is 0 Å². The second kappa shape index (κ2) is 6.96. The zero-order valence-corrected chi connectivity index (χ0v) is 16.8. The Bertz CT molecular complexity index is 1330. The number of rotatable bonds is 2. The van der Waals surface area contributed by atoms with E-state index in [0.717, 1.165) is 25.0 Å². The number of hydrogen-bond acceptors (Lipinski definition) is 7. The summed E-state index contributed by atoms with van der Waals surface area (Å²) in [5, 5.41) is 4.63. The molecule has 1 aliphatic heterocycles. The average Bonchev–Trinajstić information content (AvgIpc) is 3.36. The van der Waals surface area contributed by atoms with Crippen LogP contribution in [0.3, 0.4) is 0 Å². The lowest BCUT2D eigenvalue weighted by atomic mass is 9.92. The fraction of sp³-hybridized carbons (Fsp3) is 0.350. The molecule has 2 atom stereocenters. The average molecular weight is 427 g/mol. The van der Waals surface area contributed by atoms with Gasteiger partial charge in [-0.05, 0) is 32.8 Å². The first kappa shape index (κ1) is 19.3. The molecular formula is C20H19F2N7O2.